The predicted octanol–water partition coefficient (Wildman–Crippen LogP) is 3.99. The zero-order valence-electron chi connectivity index (χ0n) is 15.6. The van der Waals surface area contributed by atoms with Crippen LogP contribution < -0.4 is 14.8 Å². The summed E-state index contributed by atoms with van der Waals surface area (Å²) in [5.74, 6) is -0.172. The summed E-state index contributed by atoms with van der Waals surface area (Å²) in [6, 6.07) is 12.1. The lowest BCUT2D eigenvalue weighted by molar-refractivity contribution is -0.159. The van der Waals surface area contributed by atoms with Gasteiger partial charge in [0.05, 0.1) is 12.8 Å². The first-order valence-electron chi connectivity index (χ1n) is 8.38. The number of hydrogen-bond donors (Lipinski definition) is 1. The van der Waals surface area contributed by atoms with Gasteiger partial charge in [0.2, 0.25) is 0 Å². The van der Waals surface area contributed by atoms with E-state index in [0.29, 0.717) is 22.2 Å². The lowest BCUT2D eigenvalue weighted by Crippen LogP contribution is -2.35. The number of anilines is 1. The summed E-state index contributed by atoms with van der Waals surface area (Å²) in [6.45, 7) is 4.92. The average molecular weight is 392 g/mol. The van der Waals surface area contributed by atoms with Crippen molar-refractivity contribution in [2.45, 2.75) is 33.0 Å². The number of hydrogen-bond acceptors (Lipinski definition) is 5. The molecule has 0 spiro atoms. The van der Waals surface area contributed by atoms with Crippen LogP contribution in [0.15, 0.2) is 42.5 Å². The largest absolute Gasteiger partial charge is 0.495 e. The molecule has 0 heterocycles. The van der Waals surface area contributed by atoms with Crippen LogP contribution in [0.5, 0.6) is 11.5 Å². The first-order valence-corrected chi connectivity index (χ1v) is 8.76. The van der Waals surface area contributed by atoms with Crippen molar-refractivity contribution in [3.8, 4) is 11.5 Å². The topological polar surface area (TPSA) is 73.9 Å². The van der Waals surface area contributed by atoms with Gasteiger partial charge in [0.15, 0.2) is 12.2 Å². The van der Waals surface area contributed by atoms with E-state index < -0.39 is 24.1 Å². The van der Waals surface area contributed by atoms with E-state index in [9.17, 15) is 9.59 Å². The highest BCUT2D eigenvalue weighted by atomic mass is 35.5. The van der Waals surface area contributed by atoms with Gasteiger partial charge in [-0.3, -0.25) is 4.79 Å². The number of ether oxygens (including phenoxy) is 3. The van der Waals surface area contributed by atoms with Gasteiger partial charge in [-0.25, -0.2) is 4.79 Å². The minimum Gasteiger partial charge on any atom is -0.495 e. The quantitative estimate of drug-likeness (QED) is 0.722. The van der Waals surface area contributed by atoms with Gasteiger partial charge in [0, 0.05) is 5.02 Å². The third-order valence-electron chi connectivity index (χ3n) is 3.72. The van der Waals surface area contributed by atoms with E-state index in [2.05, 4.69) is 5.32 Å². The van der Waals surface area contributed by atoms with Gasteiger partial charge in [-0.2, -0.15) is 0 Å². The molecule has 0 bridgehead atoms. The average Bonchev–Trinajstić information content (AvgIpc) is 2.61. The molecule has 0 fully saturated rings. The van der Waals surface area contributed by atoms with Gasteiger partial charge in [-0.1, -0.05) is 23.7 Å². The summed E-state index contributed by atoms with van der Waals surface area (Å²) in [4.78, 5) is 24.5. The maximum Gasteiger partial charge on any atom is 0.347 e. The van der Waals surface area contributed by atoms with Crippen LogP contribution in [0, 0.1) is 6.92 Å². The molecule has 2 aromatic carbocycles. The van der Waals surface area contributed by atoms with E-state index in [1.807, 2.05) is 13.0 Å². The summed E-state index contributed by atoms with van der Waals surface area (Å²) in [5, 5.41) is 3.20. The number of amides is 1. The summed E-state index contributed by atoms with van der Waals surface area (Å²) >= 11 is 5.89. The second-order valence-electron chi connectivity index (χ2n) is 5.99. The van der Waals surface area contributed by atoms with Crippen molar-refractivity contribution >= 4 is 29.2 Å². The highest BCUT2D eigenvalue weighted by Crippen LogP contribution is 2.25. The number of carbonyl (C=O) groups excluding carboxylic acids is 2. The van der Waals surface area contributed by atoms with Crippen LogP contribution in [-0.2, 0) is 14.3 Å². The van der Waals surface area contributed by atoms with Crippen molar-refractivity contribution in [1.82, 2.24) is 0 Å². The Morgan fingerprint density at radius 1 is 1.07 bits per heavy atom. The number of rotatable bonds is 7. The van der Waals surface area contributed by atoms with Crippen molar-refractivity contribution in [2.24, 2.45) is 0 Å². The highest BCUT2D eigenvalue weighted by molar-refractivity contribution is 6.30. The summed E-state index contributed by atoms with van der Waals surface area (Å²) < 4.78 is 15.9. The second kappa shape index (κ2) is 9.28. The summed E-state index contributed by atoms with van der Waals surface area (Å²) in [7, 11) is 1.51. The molecule has 0 aliphatic carbocycles. The number of esters is 1. The number of aryl methyl sites for hydroxylation is 1. The van der Waals surface area contributed by atoms with Gasteiger partial charge in [-0.05, 0) is 56.7 Å². The van der Waals surface area contributed by atoms with Gasteiger partial charge < -0.3 is 19.5 Å². The zero-order valence-corrected chi connectivity index (χ0v) is 16.4. The van der Waals surface area contributed by atoms with E-state index in [1.165, 1.54) is 21.0 Å². The van der Waals surface area contributed by atoms with Gasteiger partial charge in [0.1, 0.15) is 11.5 Å². The Bertz CT molecular complexity index is 824. The minimum absolute atomic E-state index is 0.438. The Labute approximate surface area is 163 Å². The number of halogens is 1. The molecule has 2 aromatic rings. The van der Waals surface area contributed by atoms with Crippen molar-refractivity contribution in [3.63, 3.8) is 0 Å². The first-order chi connectivity index (χ1) is 12.8. The van der Waals surface area contributed by atoms with E-state index in [-0.39, 0.29) is 0 Å². The van der Waals surface area contributed by atoms with Crippen LogP contribution in [0.3, 0.4) is 0 Å². The maximum atomic E-state index is 12.4. The van der Waals surface area contributed by atoms with Gasteiger partial charge >= 0.3 is 5.97 Å². The lowest BCUT2D eigenvalue weighted by Gasteiger charge is -2.18. The molecule has 0 aliphatic heterocycles. The van der Waals surface area contributed by atoms with Crippen LogP contribution in [0.1, 0.15) is 19.4 Å². The molecule has 2 rings (SSSR count). The highest BCUT2D eigenvalue weighted by Gasteiger charge is 2.24. The molecule has 2 atom stereocenters. The molecular weight excluding hydrogens is 370 g/mol. The molecule has 0 saturated heterocycles. The Morgan fingerprint density at radius 2 is 1.81 bits per heavy atom. The van der Waals surface area contributed by atoms with Gasteiger partial charge in [-0.15, -0.1) is 0 Å². The molecular formula is C20H22ClNO5. The fourth-order valence-corrected chi connectivity index (χ4v) is 2.45. The molecule has 2 unspecified atom stereocenters. The first kappa shape index (κ1) is 20.6. The molecule has 1 N–H and O–H groups in total. The Hall–Kier alpha value is -2.73. The molecule has 6 nitrogen and oxygen atoms in total. The van der Waals surface area contributed by atoms with Crippen LogP contribution in [0.25, 0.3) is 0 Å². The fraction of sp³-hybridized carbons (Fsp3) is 0.300. The molecule has 0 aromatic heterocycles. The van der Waals surface area contributed by atoms with E-state index >= 15 is 0 Å². The van der Waals surface area contributed by atoms with Crippen LogP contribution >= 0.6 is 11.6 Å². The Morgan fingerprint density at radius 3 is 2.48 bits per heavy atom. The normalized spacial score (nSPS) is 12.6. The van der Waals surface area contributed by atoms with Crippen LogP contribution in [-0.4, -0.2) is 31.2 Å². The van der Waals surface area contributed by atoms with Crippen molar-refractivity contribution in [2.75, 3.05) is 12.4 Å². The Balaban J connectivity index is 1.95. The fourth-order valence-electron chi connectivity index (χ4n) is 2.27. The molecule has 0 aliphatic rings. The standard InChI is InChI=1S/C20H22ClNO5/c1-12-8-9-18(25-4)17(10-12)22-19(23)13(2)27-20(24)14(3)26-16-7-5-6-15(21)11-16/h5-11,13-14H,1-4H3,(H,22,23). The summed E-state index contributed by atoms with van der Waals surface area (Å²) in [6.07, 6.45) is -1.90. The lowest BCUT2D eigenvalue weighted by atomic mass is 10.2. The minimum atomic E-state index is -1.01. The Kier molecular flexibility index (Phi) is 7.07. The second-order valence-corrected chi connectivity index (χ2v) is 6.43. The smallest absolute Gasteiger partial charge is 0.347 e. The molecule has 1 amide bonds. The summed E-state index contributed by atoms with van der Waals surface area (Å²) in [5.41, 5.74) is 1.47. The molecule has 0 saturated carbocycles. The molecule has 7 heteroatoms. The number of methoxy groups -OCH3 is 1. The van der Waals surface area contributed by atoms with E-state index in [0.717, 1.165) is 5.56 Å². The zero-order chi connectivity index (χ0) is 20.0. The maximum absolute atomic E-state index is 12.4. The van der Waals surface area contributed by atoms with Gasteiger partial charge in [0.25, 0.3) is 5.91 Å². The molecule has 0 radical (unpaired) electrons. The van der Waals surface area contributed by atoms with Crippen molar-refractivity contribution in [3.05, 3.63) is 53.1 Å². The molecule has 144 valence electrons. The van der Waals surface area contributed by atoms with Crippen LogP contribution in [0.4, 0.5) is 5.69 Å². The van der Waals surface area contributed by atoms with Crippen LogP contribution in [0.2, 0.25) is 5.02 Å². The number of carbonyl (C=O) groups is 2. The van der Waals surface area contributed by atoms with Crippen molar-refractivity contribution in [1.29, 1.82) is 0 Å². The third-order valence-corrected chi connectivity index (χ3v) is 3.95. The van der Waals surface area contributed by atoms with Crippen molar-refractivity contribution < 1.29 is 23.8 Å². The monoisotopic (exact) mass is 391 g/mol. The van der Waals surface area contributed by atoms with E-state index in [1.54, 1.807) is 36.4 Å². The number of nitrogens with one attached hydrogen (secondary N) is 1. The number of benzene rings is 2. The third kappa shape index (κ3) is 5.89. The predicted molar refractivity (Wildman–Crippen MR) is 103 cm³/mol. The SMILES string of the molecule is COc1ccc(C)cc1NC(=O)C(C)OC(=O)C(C)Oc1cccc(Cl)c1. The molecule has 27 heavy (non-hydrogen) atoms. The van der Waals surface area contributed by atoms with E-state index in [4.69, 9.17) is 25.8 Å².